The smallest absolute Gasteiger partial charge is 0.289 e. The van der Waals surface area contributed by atoms with Gasteiger partial charge in [-0.05, 0) is 0 Å². The zero-order valence-corrected chi connectivity index (χ0v) is 7.23. The molecule has 7 heteroatoms. The van der Waals surface area contributed by atoms with Crippen molar-refractivity contribution < 1.29 is 26.3 Å². The van der Waals surface area contributed by atoms with E-state index in [0.717, 1.165) is 0 Å². The van der Waals surface area contributed by atoms with Crippen LogP contribution in [0.5, 0.6) is 0 Å². The van der Waals surface area contributed by atoms with Gasteiger partial charge >= 0.3 is 12.4 Å². The van der Waals surface area contributed by atoms with Crippen LogP contribution < -0.4 is 5.32 Å². The molecular formula is C8H7F6N. The highest BCUT2D eigenvalue weighted by molar-refractivity contribution is 5.21. The summed E-state index contributed by atoms with van der Waals surface area (Å²) in [6, 6.07) is -4.53. The average Bonchev–Trinajstić information content (AvgIpc) is 2.46. The van der Waals surface area contributed by atoms with E-state index in [9.17, 15) is 26.3 Å². The summed E-state index contributed by atoms with van der Waals surface area (Å²) >= 11 is 0. The molecule has 0 spiro atoms. The lowest BCUT2D eigenvalue weighted by Crippen LogP contribution is -2.54. The Labute approximate surface area is 81.5 Å². The zero-order valence-electron chi connectivity index (χ0n) is 7.23. The topological polar surface area (TPSA) is 12.0 Å². The summed E-state index contributed by atoms with van der Waals surface area (Å²) in [7, 11) is 0. The van der Waals surface area contributed by atoms with E-state index in [1.54, 1.807) is 0 Å². The summed E-state index contributed by atoms with van der Waals surface area (Å²) in [5, 5.41) is 1.47. The Bertz CT molecular complexity index is 248. The first kappa shape index (κ1) is 12.1. The molecule has 0 saturated heterocycles. The molecule has 0 atom stereocenters. The lowest BCUT2D eigenvalue weighted by molar-refractivity contribution is -0.258. The summed E-state index contributed by atoms with van der Waals surface area (Å²) < 4.78 is 72.2. The van der Waals surface area contributed by atoms with Gasteiger partial charge in [0.05, 0.1) is 0 Å². The number of halogens is 6. The van der Waals surface area contributed by atoms with E-state index in [2.05, 4.69) is 0 Å². The van der Waals surface area contributed by atoms with E-state index in [4.69, 9.17) is 0 Å². The summed E-state index contributed by atoms with van der Waals surface area (Å²) in [4.78, 5) is 0. The Morgan fingerprint density at radius 1 is 0.867 bits per heavy atom. The number of rotatable bonds is 2. The van der Waals surface area contributed by atoms with E-state index in [0.29, 0.717) is 0 Å². The van der Waals surface area contributed by atoms with Crippen LogP contribution in [0.3, 0.4) is 0 Å². The monoisotopic (exact) mass is 231 g/mol. The SMILES string of the molecule is FC(F)(F)C(NC1C=CC=C1)C(F)(F)F. The van der Waals surface area contributed by atoms with Gasteiger partial charge in [-0.15, -0.1) is 0 Å². The van der Waals surface area contributed by atoms with Gasteiger partial charge in [0.2, 0.25) is 6.04 Å². The fourth-order valence-corrected chi connectivity index (χ4v) is 1.11. The maximum Gasteiger partial charge on any atom is 0.412 e. The van der Waals surface area contributed by atoms with Crippen molar-refractivity contribution in [1.29, 1.82) is 0 Å². The normalized spacial score (nSPS) is 18.1. The molecule has 1 aliphatic rings. The third-order valence-electron chi connectivity index (χ3n) is 1.76. The van der Waals surface area contributed by atoms with Crippen molar-refractivity contribution in [3.8, 4) is 0 Å². The summed E-state index contributed by atoms with van der Waals surface area (Å²) in [5.41, 5.74) is 0. The van der Waals surface area contributed by atoms with Gasteiger partial charge in [-0.3, -0.25) is 5.32 Å². The van der Waals surface area contributed by atoms with Crippen molar-refractivity contribution >= 4 is 0 Å². The average molecular weight is 231 g/mol. The molecule has 0 heterocycles. The number of nitrogens with one attached hydrogen (secondary N) is 1. The molecule has 86 valence electrons. The number of hydrogen-bond donors (Lipinski definition) is 1. The second kappa shape index (κ2) is 3.88. The van der Waals surface area contributed by atoms with Crippen LogP contribution in [0.2, 0.25) is 0 Å². The first-order valence-electron chi connectivity index (χ1n) is 3.96. The molecule has 0 radical (unpaired) electrons. The van der Waals surface area contributed by atoms with Gasteiger partial charge < -0.3 is 0 Å². The minimum Gasteiger partial charge on any atom is -0.289 e. The quantitative estimate of drug-likeness (QED) is 0.720. The van der Waals surface area contributed by atoms with Gasteiger partial charge in [-0.2, -0.15) is 26.3 Å². The molecule has 1 nitrogen and oxygen atoms in total. The molecule has 15 heavy (non-hydrogen) atoms. The molecule has 0 aromatic heterocycles. The molecule has 0 bridgehead atoms. The third kappa shape index (κ3) is 3.26. The summed E-state index contributed by atoms with van der Waals surface area (Å²) in [5.74, 6) is 0. The number of allylic oxidation sites excluding steroid dienone is 2. The molecule has 0 unspecified atom stereocenters. The zero-order chi connectivity index (χ0) is 11.7. The highest BCUT2D eigenvalue weighted by Crippen LogP contribution is 2.33. The molecule has 0 saturated carbocycles. The number of alkyl halides is 6. The Morgan fingerprint density at radius 2 is 1.27 bits per heavy atom. The maximum absolute atomic E-state index is 12.0. The molecule has 1 rings (SSSR count). The first-order chi connectivity index (χ1) is 6.71. The van der Waals surface area contributed by atoms with Crippen LogP contribution in [0, 0.1) is 0 Å². The fraction of sp³-hybridized carbons (Fsp3) is 0.500. The Kier molecular flexibility index (Phi) is 3.13. The van der Waals surface area contributed by atoms with Crippen LogP contribution >= 0.6 is 0 Å². The van der Waals surface area contributed by atoms with Crippen molar-refractivity contribution in [2.45, 2.75) is 24.4 Å². The molecule has 0 fully saturated rings. The fourth-order valence-electron chi connectivity index (χ4n) is 1.11. The van der Waals surface area contributed by atoms with Gasteiger partial charge in [-0.25, -0.2) is 0 Å². The summed E-state index contributed by atoms with van der Waals surface area (Å²) in [6.07, 6.45) is -5.51. The van der Waals surface area contributed by atoms with Gasteiger partial charge in [0.25, 0.3) is 0 Å². The molecule has 0 amide bonds. The second-order valence-electron chi connectivity index (χ2n) is 2.98. The molecule has 0 aliphatic heterocycles. The van der Waals surface area contributed by atoms with Crippen molar-refractivity contribution in [1.82, 2.24) is 5.32 Å². The predicted molar refractivity (Wildman–Crippen MR) is 41.1 cm³/mol. The lowest BCUT2D eigenvalue weighted by atomic mass is 10.2. The van der Waals surface area contributed by atoms with Crippen molar-refractivity contribution in [3.05, 3.63) is 24.3 Å². The maximum atomic E-state index is 12.0. The molecular weight excluding hydrogens is 224 g/mol. The minimum absolute atomic E-state index is 1.03. The van der Waals surface area contributed by atoms with E-state index in [1.165, 1.54) is 29.6 Å². The highest BCUT2D eigenvalue weighted by Gasteiger charge is 2.56. The van der Waals surface area contributed by atoms with Crippen LogP contribution in [0.4, 0.5) is 26.3 Å². The van der Waals surface area contributed by atoms with Crippen molar-refractivity contribution in [2.75, 3.05) is 0 Å². The van der Waals surface area contributed by atoms with Crippen molar-refractivity contribution in [3.63, 3.8) is 0 Å². The summed E-state index contributed by atoms with van der Waals surface area (Å²) in [6.45, 7) is 0. The standard InChI is InChI=1S/C8H7F6N/c9-7(10,11)6(8(12,13)14)15-5-3-1-2-4-5/h1-6,15H. The first-order valence-corrected chi connectivity index (χ1v) is 3.96. The highest BCUT2D eigenvalue weighted by atomic mass is 19.4. The van der Waals surface area contributed by atoms with Gasteiger partial charge in [0.1, 0.15) is 0 Å². The Morgan fingerprint density at radius 3 is 1.60 bits per heavy atom. The molecule has 1 aliphatic carbocycles. The molecule has 0 aromatic carbocycles. The van der Waals surface area contributed by atoms with Gasteiger partial charge in [0.15, 0.2) is 0 Å². The van der Waals surface area contributed by atoms with Crippen LogP contribution in [0.15, 0.2) is 24.3 Å². The largest absolute Gasteiger partial charge is 0.412 e. The molecule has 0 aromatic rings. The van der Waals surface area contributed by atoms with Crippen LogP contribution in [0.25, 0.3) is 0 Å². The number of hydrogen-bond acceptors (Lipinski definition) is 1. The van der Waals surface area contributed by atoms with Crippen molar-refractivity contribution in [2.24, 2.45) is 0 Å². The van der Waals surface area contributed by atoms with Crippen LogP contribution in [-0.4, -0.2) is 24.4 Å². The van der Waals surface area contributed by atoms with E-state index >= 15 is 0 Å². The van der Waals surface area contributed by atoms with Gasteiger partial charge in [-0.1, -0.05) is 24.3 Å². The van der Waals surface area contributed by atoms with Crippen LogP contribution in [-0.2, 0) is 0 Å². The van der Waals surface area contributed by atoms with E-state index in [1.807, 2.05) is 0 Å². The second-order valence-corrected chi connectivity index (χ2v) is 2.98. The van der Waals surface area contributed by atoms with E-state index in [-0.39, 0.29) is 0 Å². The third-order valence-corrected chi connectivity index (χ3v) is 1.76. The van der Waals surface area contributed by atoms with Gasteiger partial charge in [0, 0.05) is 6.04 Å². The molecule has 1 N–H and O–H groups in total. The Balaban J connectivity index is 2.74. The van der Waals surface area contributed by atoms with E-state index < -0.39 is 24.4 Å². The predicted octanol–water partition coefficient (Wildman–Crippen LogP) is 2.56. The minimum atomic E-state index is -5.34. The van der Waals surface area contributed by atoms with Crippen LogP contribution in [0.1, 0.15) is 0 Å². The Hall–Kier alpha value is -0.980. The lowest BCUT2D eigenvalue weighted by Gasteiger charge is -2.25.